The lowest BCUT2D eigenvalue weighted by molar-refractivity contribution is 0.277. The third-order valence-electron chi connectivity index (χ3n) is 2.52. The number of hydrogen-bond acceptors (Lipinski definition) is 4. The second-order valence-electron chi connectivity index (χ2n) is 4.02. The molecule has 2 rings (SSSR count). The third kappa shape index (κ3) is 2.82. The Labute approximate surface area is 100 Å². The predicted molar refractivity (Wildman–Crippen MR) is 65.5 cm³/mol. The number of aryl methyl sites for hydroxylation is 1. The minimum Gasteiger partial charge on any atom is -0.390 e. The zero-order chi connectivity index (χ0) is 12.3. The first-order valence-electron chi connectivity index (χ1n) is 5.44. The van der Waals surface area contributed by atoms with E-state index in [4.69, 9.17) is 5.11 Å². The van der Waals surface area contributed by atoms with E-state index in [0.29, 0.717) is 5.69 Å². The summed E-state index contributed by atoms with van der Waals surface area (Å²) in [6, 6.07) is 5.63. The molecule has 0 bridgehead atoms. The van der Waals surface area contributed by atoms with E-state index in [2.05, 4.69) is 10.1 Å². The lowest BCUT2D eigenvalue weighted by atomic mass is 10.3. The van der Waals surface area contributed by atoms with Crippen LogP contribution in [0.15, 0.2) is 30.6 Å². The van der Waals surface area contributed by atoms with Crippen LogP contribution in [0.2, 0.25) is 0 Å². The molecular formula is C12H16N4O. The van der Waals surface area contributed by atoms with E-state index in [9.17, 15) is 0 Å². The Balaban J connectivity index is 2.11. The fourth-order valence-electron chi connectivity index (χ4n) is 1.68. The van der Waals surface area contributed by atoms with E-state index in [-0.39, 0.29) is 6.61 Å². The number of aliphatic hydroxyl groups is 1. The van der Waals surface area contributed by atoms with Crippen molar-refractivity contribution in [1.29, 1.82) is 0 Å². The zero-order valence-corrected chi connectivity index (χ0v) is 10.0. The average molecular weight is 232 g/mol. The van der Waals surface area contributed by atoms with Gasteiger partial charge in [0.05, 0.1) is 18.5 Å². The molecule has 0 aliphatic rings. The SMILES string of the molecule is CN(Cc1cnn(C)c1)c1cccc(CO)n1. The third-order valence-corrected chi connectivity index (χ3v) is 2.52. The van der Waals surface area contributed by atoms with Crippen LogP contribution in [0.1, 0.15) is 11.3 Å². The average Bonchev–Trinajstić information content (AvgIpc) is 2.75. The van der Waals surface area contributed by atoms with Gasteiger partial charge < -0.3 is 10.0 Å². The monoisotopic (exact) mass is 232 g/mol. The Morgan fingerprint density at radius 3 is 2.88 bits per heavy atom. The predicted octanol–water partition coefficient (Wildman–Crippen LogP) is 0.944. The van der Waals surface area contributed by atoms with E-state index in [1.807, 2.05) is 43.5 Å². The number of hydrogen-bond donors (Lipinski definition) is 1. The minimum absolute atomic E-state index is 0.0332. The summed E-state index contributed by atoms with van der Waals surface area (Å²) in [6.45, 7) is 0.713. The first-order valence-corrected chi connectivity index (χ1v) is 5.44. The molecule has 90 valence electrons. The minimum atomic E-state index is -0.0332. The van der Waals surface area contributed by atoms with E-state index in [1.54, 1.807) is 10.7 Å². The number of aromatic nitrogens is 3. The fourth-order valence-corrected chi connectivity index (χ4v) is 1.68. The van der Waals surface area contributed by atoms with Crippen molar-refractivity contribution < 1.29 is 5.11 Å². The maximum Gasteiger partial charge on any atom is 0.128 e. The first-order chi connectivity index (χ1) is 8.19. The van der Waals surface area contributed by atoms with Crippen LogP contribution >= 0.6 is 0 Å². The van der Waals surface area contributed by atoms with Crippen molar-refractivity contribution in [3.05, 3.63) is 41.9 Å². The van der Waals surface area contributed by atoms with Crippen molar-refractivity contribution >= 4 is 5.82 Å². The highest BCUT2D eigenvalue weighted by Gasteiger charge is 2.05. The molecule has 17 heavy (non-hydrogen) atoms. The van der Waals surface area contributed by atoms with Gasteiger partial charge in [-0.3, -0.25) is 4.68 Å². The molecule has 2 aromatic rings. The molecular weight excluding hydrogens is 216 g/mol. The molecule has 0 aliphatic heterocycles. The number of rotatable bonds is 4. The van der Waals surface area contributed by atoms with Gasteiger partial charge in [-0.2, -0.15) is 5.10 Å². The van der Waals surface area contributed by atoms with Crippen molar-refractivity contribution in [2.24, 2.45) is 7.05 Å². The van der Waals surface area contributed by atoms with E-state index in [0.717, 1.165) is 17.9 Å². The van der Waals surface area contributed by atoms with Gasteiger partial charge in [-0.25, -0.2) is 4.98 Å². The summed E-state index contributed by atoms with van der Waals surface area (Å²) in [5, 5.41) is 13.2. The molecule has 0 unspecified atom stereocenters. The highest BCUT2D eigenvalue weighted by Crippen LogP contribution is 2.12. The Bertz CT molecular complexity index is 495. The van der Waals surface area contributed by atoms with Crippen molar-refractivity contribution in [3.63, 3.8) is 0 Å². The Kier molecular flexibility index (Phi) is 3.39. The molecule has 0 saturated carbocycles. The van der Waals surface area contributed by atoms with Crippen molar-refractivity contribution in [1.82, 2.24) is 14.8 Å². The second-order valence-corrected chi connectivity index (χ2v) is 4.02. The summed E-state index contributed by atoms with van der Waals surface area (Å²) in [5.41, 5.74) is 1.81. The Hall–Kier alpha value is -1.88. The van der Waals surface area contributed by atoms with Crippen LogP contribution in [0.4, 0.5) is 5.82 Å². The number of anilines is 1. The first kappa shape index (κ1) is 11.6. The highest BCUT2D eigenvalue weighted by molar-refractivity contribution is 5.38. The quantitative estimate of drug-likeness (QED) is 0.852. The number of pyridine rings is 1. The van der Waals surface area contributed by atoms with Crippen LogP contribution in [0.25, 0.3) is 0 Å². The van der Waals surface area contributed by atoms with Crippen LogP contribution < -0.4 is 4.90 Å². The van der Waals surface area contributed by atoms with Gasteiger partial charge >= 0.3 is 0 Å². The van der Waals surface area contributed by atoms with Crippen LogP contribution in [-0.4, -0.2) is 26.9 Å². The van der Waals surface area contributed by atoms with Gasteiger partial charge in [0, 0.05) is 32.4 Å². The summed E-state index contributed by atoms with van der Waals surface area (Å²) in [6.07, 6.45) is 3.82. The molecule has 0 aromatic carbocycles. The molecule has 0 radical (unpaired) electrons. The van der Waals surface area contributed by atoms with Gasteiger partial charge in [0.1, 0.15) is 5.82 Å². The Morgan fingerprint density at radius 2 is 2.24 bits per heavy atom. The molecule has 1 N–H and O–H groups in total. The lowest BCUT2D eigenvalue weighted by Crippen LogP contribution is -2.17. The van der Waals surface area contributed by atoms with Crippen molar-refractivity contribution in [3.8, 4) is 0 Å². The lowest BCUT2D eigenvalue weighted by Gasteiger charge is -2.17. The van der Waals surface area contributed by atoms with Gasteiger partial charge in [-0.15, -0.1) is 0 Å². The standard InChI is InChI=1S/C12H16N4O/c1-15(7-10-6-13-16(2)8-10)12-5-3-4-11(9-17)14-12/h3-6,8,17H,7,9H2,1-2H3. The van der Waals surface area contributed by atoms with Crippen molar-refractivity contribution in [2.45, 2.75) is 13.2 Å². The topological polar surface area (TPSA) is 54.2 Å². The molecule has 5 nitrogen and oxygen atoms in total. The van der Waals surface area contributed by atoms with Crippen LogP contribution in [0.5, 0.6) is 0 Å². The second kappa shape index (κ2) is 4.97. The normalized spacial score (nSPS) is 10.5. The molecule has 0 saturated heterocycles. The summed E-state index contributed by atoms with van der Waals surface area (Å²) < 4.78 is 1.78. The van der Waals surface area contributed by atoms with Gasteiger partial charge in [-0.1, -0.05) is 6.07 Å². The van der Waals surface area contributed by atoms with E-state index >= 15 is 0 Å². The zero-order valence-electron chi connectivity index (χ0n) is 10.0. The van der Waals surface area contributed by atoms with Crippen LogP contribution in [0.3, 0.4) is 0 Å². The van der Waals surface area contributed by atoms with Crippen molar-refractivity contribution in [2.75, 3.05) is 11.9 Å². The summed E-state index contributed by atoms with van der Waals surface area (Å²) in [7, 11) is 3.87. The summed E-state index contributed by atoms with van der Waals surface area (Å²) in [4.78, 5) is 6.37. The fraction of sp³-hybridized carbons (Fsp3) is 0.333. The van der Waals surface area contributed by atoms with Crippen LogP contribution in [0, 0.1) is 0 Å². The molecule has 0 atom stereocenters. The molecule has 0 fully saturated rings. The highest BCUT2D eigenvalue weighted by atomic mass is 16.3. The Morgan fingerprint density at radius 1 is 1.41 bits per heavy atom. The molecule has 2 heterocycles. The number of nitrogens with zero attached hydrogens (tertiary/aromatic N) is 4. The largest absolute Gasteiger partial charge is 0.390 e. The maximum atomic E-state index is 9.04. The van der Waals surface area contributed by atoms with Gasteiger partial charge in [-0.05, 0) is 12.1 Å². The molecule has 5 heteroatoms. The van der Waals surface area contributed by atoms with E-state index in [1.165, 1.54) is 0 Å². The maximum absolute atomic E-state index is 9.04. The molecule has 2 aromatic heterocycles. The van der Waals surface area contributed by atoms with Gasteiger partial charge in [0.25, 0.3) is 0 Å². The summed E-state index contributed by atoms with van der Waals surface area (Å²) >= 11 is 0. The van der Waals surface area contributed by atoms with E-state index < -0.39 is 0 Å². The van der Waals surface area contributed by atoms with Gasteiger partial charge in [0.15, 0.2) is 0 Å². The number of aliphatic hydroxyl groups excluding tert-OH is 1. The molecule has 0 spiro atoms. The smallest absolute Gasteiger partial charge is 0.128 e. The van der Waals surface area contributed by atoms with Gasteiger partial charge in [0.2, 0.25) is 0 Å². The molecule has 0 amide bonds. The van der Waals surface area contributed by atoms with Crippen LogP contribution in [-0.2, 0) is 20.2 Å². The molecule has 0 aliphatic carbocycles. The summed E-state index contributed by atoms with van der Waals surface area (Å²) in [5.74, 6) is 0.848.